The van der Waals surface area contributed by atoms with Crippen LogP contribution in [0.3, 0.4) is 0 Å². The van der Waals surface area contributed by atoms with E-state index in [0.717, 1.165) is 3.70 Å². The van der Waals surface area contributed by atoms with Crippen molar-refractivity contribution < 1.29 is 0 Å². The number of aromatic nitrogens is 2. The quantitative estimate of drug-likeness (QED) is 0.680. The van der Waals surface area contributed by atoms with Gasteiger partial charge in [0.2, 0.25) is 0 Å². The van der Waals surface area contributed by atoms with Crippen LogP contribution in [0.2, 0.25) is 0 Å². The van der Waals surface area contributed by atoms with Crippen molar-refractivity contribution in [1.29, 1.82) is 5.26 Å². The first kappa shape index (κ1) is 9.52. The highest BCUT2D eigenvalue weighted by Gasteiger charge is 2.18. The van der Waals surface area contributed by atoms with Crippen molar-refractivity contribution in [1.82, 2.24) is 9.78 Å². The SMILES string of the molecule is CC(C)(C)n1ncc(C#N)c1I. The average molecular weight is 275 g/mol. The van der Waals surface area contributed by atoms with Gasteiger partial charge < -0.3 is 0 Å². The molecule has 3 nitrogen and oxygen atoms in total. The summed E-state index contributed by atoms with van der Waals surface area (Å²) in [5, 5.41) is 12.8. The molecule has 0 saturated heterocycles. The molecule has 0 unspecified atom stereocenters. The fourth-order valence-electron chi connectivity index (χ4n) is 0.876. The van der Waals surface area contributed by atoms with Gasteiger partial charge in [0.05, 0.1) is 11.7 Å². The van der Waals surface area contributed by atoms with Gasteiger partial charge in [-0.1, -0.05) is 0 Å². The lowest BCUT2D eigenvalue weighted by Crippen LogP contribution is -2.24. The fourth-order valence-corrected chi connectivity index (χ4v) is 1.98. The Morgan fingerprint density at radius 1 is 1.58 bits per heavy atom. The maximum atomic E-state index is 8.69. The first-order chi connectivity index (χ1) is 5.46. The van der Waals surface area contributed by atoms with Crippen molar-refractivity contribution in [3.8, 4) is 6.07 Å². The van der Waals surface area contributed by atoms with Crippen molar-refractivity contribution in [2.45, 2.75) is 26.3 Å². The van der Waals surface area contributed by atoms with E-state index in [-0.39, 0.29) is 5.54 Å². The summed E-state index contributed by atoms with van der Waals surface area (Å²) < 4.78 is 2.76. The van der Waals surface area contributed by atoms with Crippen LogP contribution in [0.15, 0.2) is 6.20 Å². The third-order valence-electron chi connectivity index (χ3n) is 1.47. The highest BCUT2D eigenvalue weighted by molar-refractivity contribution is 14.1. The number of nitrogens with zero attached hydrogens (tertiary/aromatic N) is 3. The number of rotatable bonds is 0. The molecule has 4 heteroatoms. The molecule has 0 aliphatic heterocycles. The number of nitriles is 1. The van der Waals surface area contributed by atoms with Crippen molar-refractivity contribution in [2.75, 3.05) is 0 Å². The van der Waals surface area contributed by atoms with Gasteiger partial charge in [0.1, 0.15) is 15.3 Å². The third kappa shape index (κ3) is 1.61. The van der Waals surface area contributed by atoms with Crippen LogP contribution >= 0.6 is 22.6 Å². The highest BCUT2D eigenvalue weighted by atomic mass is 127. The molecule has 1 aromatic rings. The Morgan fingerprint density at radius 2 is 2.17 bits per heavy atom. The molecule has 0 aliphatic carbocycles. The van der Waals surface area contributed by atoms with E-state index in [4.69, 9.17) is 5.26 Å². The summed E-state index contributed by atoms with van der Waals surface area (Å²) in [5.41, 5.74) is 0.594. The smallest absolute Gasteiger partial charge is 0.117 e. The van der Waals surface area contributed by atoms with Crippen molar-refractivity contribution in [2.24, 2.45) is 0 Å². The number of halogens is 1. The van der Waals surface area contributed by atoms with Gasteiger partial charge in [0.15, 0.2) is 0 Å². The molecule has 0 amide bonds. The molecule has 0 radical (unpaired) electrons. The molecule has 0 saturated carbocycles. The van der Waals surface area contributed by atoms with Gasteiger partial charge in [-0.15, -0.1) is 0 Å². The van der Waals surface area contributed by atoms with Gasteiger partial charge in [-0.25, -0.2) is 0 Å². The molecule has 0 atom stereocenters. The number of hydrogen-bond donors (Lipinski definition) is 0. The summed E-state index contributed by atoms with van der Waals surface area (Å²) in [5.74, 6) is 0. The van der Waals surface area contributed by atoms with E-state index in [1.807, 2.05) is 4.68 Å². The Kier molecular flexibility index (Phi) is 2.42. The minimum atomic E-state index is -0.0500. The van der Waals surface area contributed by atoms with E-state index in [0.29, 0.717) is 5.56 Å². The maximum Gasteiger partial charge on any atom is 0.117 e. The first-order valence-corrected chi connectivity index (χ1v) is 4.69. The van der Waals surface area contributed by atoms with Crippen LogP contribution in [-0.4, -0.2) is 9.78 Å². The summed E-state index contributed by atoms with van der Waals surface area (Å²) in [6, 6.07) is 2.10. The molecule has 0 aromatic carbocycles. The molecule has 1 heterocycles. The predicted molar refractivity (Wildman–Crippen MR) is 54.7 cm³/mol. The van der Waals surface area contributed by atoms with E-state index in [1.165, 1.54) is 0 Å². The summed E-state index contributed by atoms with van der Waals surface area (Å²) in [6.45, 7) is 6.18. The Labute approximate surface area is 85.5 Å². The van der Waals surface area contributed by atoms with Crippen LogP contribution in [0.25, 0.3) is 0 Å². The van der Waals surface area contributed by atoms with Gasteiger partial charge in [0, 0.05) is 0 Å². The summed E-state index contributed by atoms with van der Waals surface area (Å²) in [6.07, 6.45) is 1.60. The number of hydrogen-bond acceptors (Lipinski definition) is 2. The lowest BCUT2D eigenvalue weighted by Gasteiger charge is -2.20. The summed E-state index contributed by atoms with van der Waals surface area (Å²) in [7, 11) is 0. The van der Waals surface area contributed by atoms with Crippen LogP contribution in [0.5, 0.6) is 0 Å². The second-order valence-corrected chi connectivity index (χ2v) is 4.57. The molecule has 0 fully saturated rings. The zero-order valence-corrected chi connectivity index (χ0v) is 9.45. The molecule has 64 valence electrons. The first-order valence-electron chi connectivity index (χ1n) is 3.61. The predicted octanol–water partition coefficient (Wildman–Crippen LogP) is 2.11. The second kappa shape index (κ2) is 3.05. The van der Waals surface area contributed by atoms with Crippen LogP contribution in [0, 0.1) is 15.0 Å². The van der Waals surface area contributed by atoms with Crippen molar-refractivity contribution >= 4 is 22.6 Å². The summed E-state index contributed by atoms with van der Waals surface area (Å²) >= 11 is 2.14. The minimum Gasteiger partial charge on any atom is -0.253 e. The molecular weight excluding hydrogens is 265 g/mol. The average Bonchev–Trinajstić information content (AvgIpc) is 2.29. The minimum absolute atomic E-state index is 0.0500. The zero-order valence-electron chi connectivity index (χ0n) is 7.30. The molecule has 1 rings (SSSR count). The van der Waals surface area contributed by atoms with Gasteiger partial charge >= 0.3 is 0 Å². The van der Waals surface area contributed by atoms with Gasteiger partial charge in [-0.05, 0) is 43.4 Å². The normalized spacial score (nSPS) is 11.2. The maximum absolute atomic E-state index is 8.69. The molecule has 1 aromatic heterocycles. The van der Waals surface area contributed by atoms with Crippen LogP contribution in [0.1, 0.15) is 26.3 Å². The monoisotopic (exact) mass is 275 g/mol. The topological polar surface area (TPSA) is 41.6 Å². The molecule has 0 N–H and O–H groups in total. The largest absolute Gasteiger partial charge is 0.253 e. The Bertz CT molecular complexity index is 327. The third-order valence-corrected chi connectivity index (χ3v) is 2.50. The molecule has 0 bridgehead atoms. The second-order valence-electron chi connectivity index (χ2n) is 3.54. The molecule has 12 heavy (non-hydrogen) atoms. The van der Waals surface area contributed by atoms with Gasteiger partial charge in [0.25, 0.3) is 0 Å². The van der Waals surface area contributed by atoms with E-state index < -0.39 is 0 Å². The van der Waals surface area contributed by atoms with Crippen LogP contribution in [-0.2, 0) is 5.54 Å². The van der Waals surface area contributed by atoms with Crippen molar-refractivity contribution in [3.63, 3.8) is 0 Å². The molecule has 0 aliphatic rings. The van der Waals surface area contributed by atoms with Crippen LogP contribution in [0.4, 0.5) is 0 Å². The standard InChI is InChI=1S/C8H10IN3/c1-8(2,3)12-7(9)6(4-10)5-11-12/h5H,1-3H3. The lowest BCUT2D eigenvalue weighted by atomic mass is 10.1. The molecular formula is C8H10IN3. The summed E-state index contributed by atoms with van der Waals surface area (Å²) in [4.78, 5) is 0. The highest BCUT2D eigenvalue weighted by Crippen LogP contribution is 2.19. The van der Waals surface area contributed by atoms with E-state index in [1.54, 1.807) is 6.20 Å². The Balaban J connectivity index is 3.22. The fraction of sp³-hybridized carbons (Fsp3) is 0.500. The van der Waals surface area contributed by atoms with Gasteiger partial charge in [-0.2, -0.15) is 10.4 Å². The van der Waals surface area contributed by atoms with Gasteiger partial charge in [-0.3, -0.25) is 4.68 Å². The van der Waals surface area contributed by atoms with Crippen LogP contribution < -0.4 is 0 Å². The van der Waals surface area contributed by atoms with E-state index >= 15 is 0 Å². The Morgan fingerprint density at radius 3 is 2.42 bits per heavy atom. The Hall–Kier alpha value is -0.570. The lowest BCUT2D eigenvalue weighted by molar-refractivity contribution is 0.347. The molecule has 0 spiro atoms. The van der Waals surface area contributed by atoms with Crippen molar-refractivity contribution in [3.05, 3.63) is 15.5 Å². The van der Waals surface area contributed by atoms with E-state index in [2.05, 4.69) is 54.5 Å². The van der Waals surface area contributed by atoms with E-state index in [9.17, 15) is 0 Å². The zero-order chi connectivity index (χ0) is 9.35.